The minimum atomic E-state index is -1.33. The summed E-state index contributed by atoms with van der Waals surface area (Å²) in [6.07, 6.45) is 6.54. The fourth-order valence-corrected chi connectivity index (χ4v) is 4.27. The zero-order valence-electron chi connectivity index (χ0n) is 15.6. The predicted octanol–water partition coefficient (Wildman–Crippen LogP) is 2.66. The van der Waals surface area contributed by atoms with Gasteiger partial charge in [0.2, 0.25) is 0 Å². The molecule has 2 saturated heterocycles. The van der Waals surface area contributed by atoms with Crippen LogP contribution in [0.2, 0.25) is 0 Å². The Bertz CT molecular complexity index is 956. The molecule has 1 aromatic carbocycles. The van der Waals surface area contributed by atoms with Gasteiger partial charge in [0, 0.05) is 50.1 Å². The van der Waals surface area contributed by atoms with E-state index in [1.54, 1.807) is 4.90 Å². The highest BCUT2D eigenvalue weighted by molar-refractivity contribution is 5.95. The summed E-state index contributed by atoms with van der Waals surface area (Å²) in [4.78, 5) is 36.4. The second-order valence-electron chi connectivity index (χ2n) is 7.68. The lowest BCUT2D eigenvalue weighted by molar-refractivity contribution is 0.0514. The third-order valence-corrected chi connectivity index (χ3v) is 5.72. The molecule has 3 heterocycles. The fourth-order valence-electron chi connectivity index (χ4n) is 4.27. The van der Waals surface area contributed by atoms with Gasteiger partial charge >= 0.3 is 0 Å². The Morgan fingerprint density at radius 1 is 0.862 bits per heavy atom. The Labute approximate surface area is 165 Å². The van der Waals surface area contributed by atoms with Crippen molar-refractivity contribution in [3.05, 3.63) is 59.4 Å². The number of nitrogens with zero attached hydrogens (tertiary/aromatic N) is 4. The highest BCUT2D eigenvalue weighted by atomic mass is 19.2. The van der Waals surface area contributed by atoms with E-state index in [9.17, 15) is 22.8 Å². The molecule has 9 heteroatoms. The Morgan fingerprint density at radius 3 is 2.24 bits per heavy atom. The standard InChI is InChI=1S/C20H19F3N4O2/c21-15-7-17(23)16(22)6-14(15)19(29)27-5-3-20(11-27)2-1-4-26(10-20)18(28)13-8-24-12-25-9-13/h6-9,12H,1-5,10-11H2. The molecule has 1 atom stereocenters. The van der Waals surface area contributed by atoms with E-state index in [1.165, 1.54) is 23.6 Å². The van der Waals surface area contributed by atoms with Crippen LogP contribution in [0.15, 0.2) is 30.9 Å². The molecule has 2 aliphatic rings. The van der Waals surface area contributed by atoms with Gasteiger partial charge in [-0.05, 0) is 25.3 Å². The topological polar surface area (TPSA) is 66.4 Å². The lowest BCUT2D eigenvalue weighted by Crippen LogP contribution is -2.47. The maximum Gasteiger partial charge on any atom is 0.257 e. The molecule has 0 bridgehead atoms. The molecule has 152 valence electrons. The van der Waals surface area contributed by atoms with Crippen LogP contribution >= 0.6 is 0 Å². The van der Waals surface area contributed by atoms with Crippen LogP contribution in [0.4, 0.5) is 13.2 Å². The van der Waals surface area contributed by atoms with E-state index in [-0.39, 0.29) is 11.3 Å². The van der Waals surface area contributed by atoms with Crippen LogP contribution < -0.4 is 0 Å². The monoisotopic (exact) mass is 404 g/mol. The van der Waals surface area contributed by atoms with E-state index in [0.717, 1.165) is 12.8 Å². The molecule has 4 rings (SSSR count). The number of halogens is 3. The summed E-state index contributed by atoms with van der Waals surface area (Å²) in [5.74, 6) is -4.51. The van der Waals surface area contributed by atoms with Crippen molar-refractivity contribution in [2.24, 2.45) is 5.41 Å². The number of aromatic nitrogens is 2. The first-order valence-electron chi connectivity index (χ1n) is 9.37. The van der Waals surface area contributed by atoms with Gasteiger partial charge in [0.15, 0.2) is 11.6 Å². The molecule has 1 aromatic heterocycles. The summed E-state index contributed by atoms with van der Waals surface area (Å²) in [6.45, 7) is 1.76. The first-order valence-corrected chi connectivity index (χ1v) is 9.37. The number of piperidine rings is 1. The molecule has 2 aromatic rings. The normalized spacial score (nSPS) is 21.6. The van der Waals surface area contributed by atoms with Gasteiger partial charge in [0.25, 0.3) is 11.8 Å². The van der Waals surface area contributed by atoms with E-state index < -0.39 is 28.9 Å². The minimum Gasteiger partial charge on any atom is -0.338 e. The van der Waals surface area contributed by atoms with Crippen molar-refractivity contribution in [2.45, 2.75) is 19.3 Å². The van der Waals surface area contributed by atoms with Crippen molar-refractivity contribution in [3.8, 4) is 0 Å². The Morgan fingerprint density at radius 2 is 1.52 bits per heavy atom. The quantitative estimate of drug-likeness (QED) is 0.722. The fraction of sp³-hybridized carbons (Fsp3) is 0.400. The number of hydrogen-bond acceptors (Lipinski definition) is 4. The van der Waals surface area contributed by atoms with Crippen molar-refractivity contribution in [3.63, 3.8) is 0 Å². The molecule has 6 nitrogen and oxygen atoms in total. The Balaban J connectivity index is 1.49. The Hall–Kier alpha value is -2.97. The number of rotatable bonds is 2. The third kappa shape index (κ3) is 3.68. The number of carbonyl (C=O) groups excluding carboxylic acids is 2. The van der Waals surface area contributed by atoms with Crippen molar-refractivity contribution in [2.75, 3.05) is 26.2 Å². The van der Waals surface area contributed by atoms with Crippen LogP contribution in [0.25, 0.3) is 0 Å². The van der Waals surface area contributed by atoms with Crippen LogP contribution in [-0.2, 0) is 0 Å². The summed E-state index contributed by atoms with van der Waals surface area (Å²) in [7, 11) is 0. The molecule has 0 radical (unpaired) electrons. The molecule has 1 unspecified atom stereocenters. The lowest BCUT2D eigenvalue weighted by atomic mass is 9.79. The molecule has 1 spiro atoms. The molecule has 0 N–H and O–H groups in total. The highest BCUT2D eigenvalue weighted by Crippen LogP contribution is 2.40. The largest absolute Gasteiger partial charge is 0.338 e. The van der Waals surface area contributed by atoms with Gasteiger partial charge in [0.05, 0.1) is 11.1 Å². The second-order valence-corrected chi connectivity index (χ2v) is 7.68. The summed E-state index contributed by atoms with van der Waals surface area (Å²) in [6, 6.07) is 0.988. The predicted molar refractivity (Wildman–Crippen MR) is 96.4 cm³/mol. The van der Waals surface area contributed by atoms with Gasteiger partial charge in [-0.3, -0.25) is 9.59 Å². The SMILES string of the molecule is O=C(c1cncnc1)N1CCCC2(CCN(C(=O)c3cc(F)c(F)cc3F)C2)C1. The van der Waals surface area contributed by atoms with Gasteiger partial charge in [-0.2, -0.15) is 0 Å². The maximum atomic E-state index is 14.0. The number of likely N-dealkylation sites (tertiary alicyclic amines) is 2. The van der Waals surface area contributed by atoms with Crippen LogP contribution in [-0.4, -0.2) is 57.8 Å². The first kappa shape index (κ1) is 19.4. The van der Waals surface area contributed by atoms with Crippen LogP contribution in [0.3, 0.4) is 0 Å². The van der Waals surface area contributed by atoms with Gasteiger partial charge < -0.3 is 9.80 Å². The van der Waals surface area contributed by atoms with Crippen molar-refractivity contribution in [1.82, 2.24) is 19.8 Å². The zero-order chi connectivity index (χ0) is 20.6. The molecular weight excluding hydrogens is 385 g/mol. The number of amides is 2. The average molecular weight is 404 g/mol. The van der Waals surface area contributed by atoms with E-state index in [1.807, 2.05) is 0 Å². The van der Waals surface area contributed by atoms with Crippen molar-refractivity contribution >= 4 is 11.8 Å². The highest BCUT2D eigenvalue weighted by Gasteiger charge is 2.44. The molecule has 29 heavy (non-hydrogen) atoms. The van der Waals surface area contributed by atoms with E-state index in [2.05, 4.69) is 9.97 Å². The van der Waals surface area contributed by atoms with Gasteiger partial charge in [-0.1, -0.05) is 0 Å². The molecular formula is C20H19F3N4O2. The minimum absolute atomic E-state index is 0.166. The van der Waals surface area contributed by atoms with Crippen LogP contribution in [0, 0.1) is 22.9 Å². The number of hydrogen-bond donors (Lipinski definition) is 0. The first-order chi connectivity index (χ1) is 13.9. The van der Waals surface area contributed by atoms with Gasteiger partial charge in [-0.25, -0.2) is 23.1 Å². The molecule has 0 aliphatic carbocycles. The maximum absolute atomic E-state index is 14.0. The second kappa shape index (κ2) is 7.46. The number of benzene rings is 1. The molecule has 0 saturated carbocycles. The summed E-state index contributed by atoms with van der Waals surface area (Å²) < 4.78 is 40.7. The van der Waals surface area contributed by atoms with Crippen LogP contribution in [0.5, 0.6) is 0 Å². The third-order valence-electron chi connectivity index (χ3n) is 5.72. The van der Waals surface area contributed by atoms with Crippen molar-refractivity contribution in [1.29, 1.82) is 0 Å². The molecule has 2 amide bonds. The molecule has 2 aliphatic heterocycles. The zero-order valence-corrected chi connectivity index (χ0v) is 15.6. The summed E-state index contributed by atoms with van der Waals surface area (Å²) >= 11 is 0. The summed E-state index contributed by atoms with van der Waals surface area (Å²) in [5.41, 5.74) is -0.376. The van der Waals surface area contributed by atoms with E-state index >= 15 is 0 Å². The summed E-state index contributed by atoms with van der Waals surface area (Å²) in [5, 5.41) is 0. The van der Waals surface area contributed by atoms with Crippen molar-refractivity contribution < 1.29 is 22.8 Å². The number of carbonyl (C=O) groups is 2. The van der Waals surface area contributed by atoms with E-state index in [0.29, 0.717) is 50.3 Å². The Kier molecular flexibility index (Phi) is 4.97. The lowest BCUT2D eigenvalue weighted by Gasteiger charge is -2.40. The van der Waals surface area contributed by atoms with Gasteiger partial charge in [-0.15, -0.1) is 0 Å². The molecule has 2 fully saturated rings. The van der Waals surface area contributed by atoms with E-state index in [4.69, 9.17) is 0 Å². The smallest absolute Gasteiger partial charge is 0.257 e. The van der Waals surface area contributed by atoms with Gasteiger partial charge in [0.1, 0.15) is 12.1 Å². The average Bonchev–Trinajstić information content (AvgIpc) is 3.13. The van der Waals surface area contributed by atoms with Crippen LogP contribution in [0.1, 0.15) is 40.0 Å².